The van der Waals surface area contributed by atoms with Crippen molar-refractivity contribution < 1.29 is 19.4 Å². The minimum Gasteiger partial charge on any atom is -0.493 e. The molecule has 9 nitrogen and oxygen atoms in total. The van der Waals surface area contributed by atoms with Gasteiger partial charge >= 0.3 is 6.09 Å². The smallest absolute Gasteiger partial charge is 0.404 e. The van der Waals surface area contributed by atoms with Crippen molar-refractivity contribution in [1.82, 2.24) is 25.1 Å². The van der Waals surface area contributed by atoms with E-state index >= 15 is 0 Å². The fraction of sp³-hybridized carbons (Fsp3) is 0.414. The van der Waals surface area contributed by atoms with Crippen LogP contribution in [0.4, 0.5) is 4.79 Å². The van der Waals surface area contributed by atoms with Crippen molar-refractivity contribution in [2.24, 2.45) is 0 Å². The predicted octanol–water partition coefficient (Wildman–Crippen LogP) is 5.49. The van der Waals surface area contributed by atoms with Gasteiger partial charge in [0.05, 0.1) is 40.8 Å². The summed E-state index contributed by atoms with van der Waals surface area (Å²) >= 11 is 12.1. The molecule has 0 bridgehead atoms. The summed E-state index contributed by atoms with van der Waals surface area (Å²) < 4.78 is 7.92. The van der Waals surface area contributed by atoms with Crippen LogP contribution >= 0.6 is 23.2 Å². The van der Waals surface area contributed by atoms with Crippen LogP contribution in [0, 0.1) is 0 Å². The molecule has 0 unspecified atom stereocenters. The Morgan fingerprint density at radius 1 is 1.10 bits per heavy atom. The highest BCUT2D eigenvalue weighted by Gasteiger charge is 2.35. The van der Waals surface area contributed by atoms with Crippen molar-refractivity contribution in [2.45, 2.75) is 50.2 Å². The molecule has 0 spiro atoms. The van der Waals surface area contributed by atoms with E-state index in [0.29, 0.717) is 54.2 Å². The van der Waals surface area contributed by atoms with Gasteiger partial charge in [-0.2, -0.15) is 0 Å². The second-order valence-corrected chi connectivity index (χ2v) is 11.0. The monoisotopic (exact) mass is 585 g/mol. The number of benzene rings is 2. The number of carboxylic acid groups (broad SMARTS) is 1. The van der Waals surface area contributed by atoms with Gasteiger partial charge in [-0.25, -0.2) is 9.78 Å². The molecule has 1 aromatic heterocycles. The molecule has 1 aliphatic carbocycles. The van der Waals surface area contributed by atoms with E-state index in [2.05, 4.69) is 15.6 Å². The van der Waals surface area contributed by atoms with E-state index in [4.69, 9.17) is 27.9 Å². The van der Waals surface area contributed by atoms with Crippen LogP contribution in [0.1, 0.15) is 48.6 Å². The van der Waals surface area contributed by atoms with Crippen LogP contribution < -0.4 is 15.4 Å². The molecular formula is C29H33Cl2N5O4. The molecule has 2 amide bonds. The van der Waals surface area contributed by atoms with Gasteiger partial charge in [-0.15, -0.1) is 0 Å². The third kappa shape index (κ3) is 6.37. The Kier molecular flexibility index (Phi) is 9.14. The number of nitrogens with zero attached hydrogens (tertiary/aromatic N) is 3. The highest BCUT2D eigenvalue weighted by molar-refractivity contribution is 6.42. The summed E-state index contributed by atoms with van der Waals surface area (Å²) in [4.78, 5) is 32.2. The Bertz CT molecular complexity index is 1340. The van der Waals surface area contributed by atoms with E-state index in [1.165, 1.54) is 0 Å². The normalized spacial score (nSPS) is 21.1. The lowest BCUT2D eigenvalue weighted by Gasteiger charge is -2.36. The number of carbonyl (C=O) groups is 2. The molecule has 0 radical (unpaired) electrons. The Balaban J connectivity index is 1.40. The van der Waals surface area contributed by atoms with Crippen molar-refractivity contribution in [3.8, 4) is 17.0 Å². The quantitative estimate of drug-likeness (QED) is 0.322. The SMILES string of the molecule is O=C(O)N[C@H]1CCCC[C@@H]1n1cnc(C(=O)N2CCNC[C@H]2CCOc2ccc(Cl)c(Cl)c2)c1-c1ccccc1. The molecule has 3 aromatic rings. The molecule has 212 valence electrons. The van der Waals surface area contributed by atoms with Gasteiger partial charge in [0.2, 0.25) is 0 Å². The van der Waals surface area contributed by atoms with Crippen molar-refractivity contribution in [3.05, 3.63) is 70.6 Å². The zero-order valence-corrected chi connectivity index (χ0v) is 23.6. The molecule has 11 heteroatoms. The molecular weight excluding hydrogens is 553 g/mol. The molecule has 1 saturated heterocycles. The lowest BCUT2D eigenvalue weighted by atomic mass is 9.89. The van der Waals surface area contributed by atoms with Gasteiger partial charge in [-0.05, 0) is 25.0 Å². The van der Waals surface area contributed by atoms with Gasteiger partial charge < -0.3 is 29.9 Å². The van der Waals surface area contributed by atoms with Gasteiger partial charge in [0, 0.05) is 43.7 Å². The van der Waals surface area contributed by atoms with Crippen molar-refractivity contribution in [2.75, 3.05) is 26.2 Å². The average Bonchev–Trinajstić information content (AvgIpc) is 3.40. The summed E-state index contributed by atoms with van der Waals surface area (Å²) in [5, 5.41) is 16.4. The molecule has 2 aromatic carbocycles. The summed E-state index contributed by atoms with van der Waals surface area (Å²) in [5.41, 5.74) is 1.97. The highest BCUT2D eigenvalue weighted by atomic mass is 35.5. The zero-order chi connectivity index (χ0) is 28.1. The molecule has 40 heavy (non-hydrogen) atoms. The largest absolute Gasteiger partial charge is 0.493 e. The Morgan fingerprint density at radius 2 is 1.90 bits per heavy atom. The van der Waals surface area contributed by atoms with Crippen LogP contribution in [0.2, 0.25) is 10.0 Å². The summed E-state index contributed by atoms with van der Waals surface area (Å²) in [6, 6.07) is 14.4. The summed E-state index contributed by atoms with van der Waals surface area (Å²) in [6.07, 6.45) is 4.76. The standard InChI is InChI=1S/C29H33Cl2N5O4/c30-22-11-10-21(16-23(22)31)40-15-12-20-17-32-13-14-35(20)28(37)26-27(19-6-2-1-3-7-19)36(18-33-26)25-9-5-4-8-24(25)34-29(38)39/h1-3,6-7,10-11,16,18,20,24-25,32,34H,4-5,8-9,12-15,17H2,(H,38,39)/t20-,24+,25+/m1/s1. The van der Waals surface area contributed by atoms with E-state index in [1.54, 1.807) is 24.5 Å². The van der Waals surface area contributed by atoms with Gasteiger partial charge in [-0.3, -0.25) is 4.79 Å². The number of halogens is 2. The molecule has 3 N–H and O–H groups in total. The number of rotatable bonds is 8. The first-order chi connectivity index (χ1) is 19.4. The van der Waals surface area contributed by atoms with Gasteiger partial charge in [-0.1, -0.05) is 66.4 Å². The lowest BCUT2D eigenvalue weighted by Crippen LogP contribution is -2.54. The molecule has 3 atom stereocenters. The number of ether oxygens (including phenoxy) is 1. The number of hydrogen-bond donors (Lipinski definition) is 3. The van der Waals surface area contributed by atoms with Crippen LogP contribution in [-0.4, -0.2) is 69.9 Å². The molecule has 2 aliphatic rings. The number of nitrogens with one attached hydrogen (secondary N) is 2. The Hall–Kier alpha value is -3.27. The van der Waals surface area contributed by atoms with Crippen molar-refractivity contribution in [3.63, 3.8) is 0 Å². The molecule has 2 heterocycles. The third-order valence-electron chi connectivity index (χ3n) is 7.66. The minimum atomic E-state index is -1.04. The fourth-order valence-corrected chi connectivity index (χ4v) is 6.01. The average molecular weight is 587 g/mol. The summed E-state index contributed by atoms with van der Waals surface area (Å²) in [5.74, 6) is 0.482. The van der Waals surface area contributed by atoms with E-state index < -0.39 is 6.09 Å². The first-order valence-corrected chi connectivity index (χ1v) is 14.4. The van der Waals surface area contributed by atoms with Gasteiger partial charge in [0.1, 0.15) is 5.75 Å². The van der Waals surface area contributed by atoms with Gasteiger partial charge in [0.25, 0.3) is 5.91 Å². The number of amides is 2. The van der Waals surface area contributed by atoms with Crippen LogP contribution in [-0.2, 0) is 0 Å². The molecule has 5 rings (SSSR count). The van der Waals surface area contributed by atoms with Crippen LogP contribution in [0.15, 0.2) is 54.9 Å². The fourth-order valence-electron chi connectivity index (χ4n) is 5.72. The highest BCUT2D eigenvalue weighted by Crippen LogP contribution is 2.35. The molecule has 1 saturated carbocycles. The molecule has 1 aliphatic heterocycles. The number of piperazine rings is 1. The topological polar surface area (TPSA) is 109 Å². The van der Waals surface area contributed by atoms with E-state index in [9.17, 15) is 14.7 Å². The second kappa shape index (κ2) is 12.9. The maximum atomic E-state index is 14.1. The van der Waals surface area contributed by atoms with Crippen LogP contribution in [0.5, 0.6) is 5.75 Å². The van der Waals surface area contributed by atoms with E-state index in [-0.39, 0.29) is 24.0 Å². The number of aromatic nitrogens is 2. The summed E-state index contributed by atoms with van der Waals surface area (Å²) in [6.45, 7) is 2.28. The van der Waals surface area contributed by atoms with Crippen LogP contribution in [0.25, 0.3) is 11.3 Å². The lowest BCUT2D eigenvalue weighted by molar-refractivity contribution is 0.0601. The first-order valence-electron chi connectivity index (χ1n) is 13.6. The van der Waals surface area contributed by atoms with E-state index in [1.807, 2.05) is 39.8 Å². The number of imidazole rings is 1. The predicted molar refractivity (Wildman–Crippen MR) is 154 cm³/mol. The third-order valence-corrected chi connectivity index (χ3v) is 8.40. The van der Waals surface area contributed by atoms with Crippen LogP contribution in [0.3, 0.4) is 0 Å². The summed E-state index contributed by atoms with van der Waals surface area (Å²) in [7, 11) is 0. The molecule has 2 fully saturated rings. The maximum Gasteiger partial charge on any atom is 0.404 e. The number of carbonyl (C=O) groups excluding carboxylic acids is 1. The zero-order valence-electron chi connectivity index (χ0n) is 22.1. The first kappa shape index (κ1) is 28.3. The van der Waals surface area contributed by atoms with Crippen molar-refractivity contribution >= 4 is 35.2 Å². The maximum absolute atomic E-state index is 14.1. The van der Waals surface area contributed by atoms with Gasteiger partial charge in [0.15, 0.2) is 5.69 Å². The minimum absolute atomic E-state index is 0.0890. The number of hydrogen-bond acceptors (Lipinski definition) is 5. The Morgan fingerprint density at radius 3 is 2.67 bits per heavy atom. The Labute approximate surface area is 243 Å². The second-order valence-electron chi connectivity index (χ2n) is 10.2. The van der Waals surface area contributed by atoms with Crippen molar-refractivity contribution in [1.29, 1.82) is 0 Å². The van der Waals surface area contributed by atoms with E-state index in [0.717, 1.165) is 36.9 Å².